The van der Waals surface area contributed by atoms with Gasteiger partial charge in [0.25, 0.3) is 0 Å². The van der Waals surface area contributed by atoms with Crippen LogP contribution in [0.4, 0.5) is 0 Å². The van der Waals surface area contributed by atoms with E-state index in [0.29, 0.717) is 37.3 Å². The van der Waals surface area contributed by atoms with Gasteiger partial charge in [0.2, 0.25) is 0 Å². The van der Waals surface area contributed by atoms with Crippen molar-refractivity contribution in [2.24, 2.45) is 11.8 Å². The Morgan fingerprint density at radius 3 is 2.67 bits per heavy atom. The molecule has 1 aromatic rings. The third-order valence-electron chi connectivity index (χ3n) is 4.11. The highest BCUT2D eigenvalue weighted by Crippen LogP contribution is 2.42. The van der Waals surface area contributed by atoms with Crippen LogP contribution in [0.2, 0.25) is 0 Å². The fourth-order valence-corrected chi connectivity index (χ4v) is 4.26. The molecule has 1 fully saturated rings. The molecule has 1 atom stereocenters. The molecule has 5 nitrogen and oxygen atoms in total. The molecule has 0 aromatic carbocycles. The van der Waals surface area contributed by atoms with Crippen LogP contribution >= 0.6 is 27.3 Å². The minimum Gasteiger partial charge on any atom is -0.466 e. The summed E-state index contributed by atoms with van der Waals surface area (Å²) >= 11 is 4.66. The molecular formula is C14H20BrNO4S. The molecule has 0 amide bonds. The summed E-state index contributed by atoms with van der Waals surface area (Å²) in [5, 5.41) is 21.0. The minimum atomic E-state index is -1.32. The zero-order chi connectivity index (χ0) is 15.5. The largest absolute Gasteiger partial charge is 0.466 e. The van der Waals surface area contributed by atoms with Crippen LogP contribution in [0.25, 0.3) is 0 Å². The Morgan fingerprint density at radius 2 is 2.19 bits per heavy atom. The molecule has 1 aromatic heterocycles. The second-order valence-corrected chi connectivity index (χ2v) is 7.76. The topological polar surface area (TPSA) is 79.7 Å². The zero-order valence-corrected chi connectivity index (χ0v) is 14.3. The van der Waals surface area contributed by atoms with Crippen molar-refractivity contribution in [3.8, 4) is 0 Å². The minimum absolute atomic E-state index is 0.0906. The first kappa shape index (κ1) is 16.9. The van der Waals surface area contributed by atoms with Gasteiger partial charge >= 0.3 is 5.97 Å². The highest BCUT2D eigenvalue weighted by Gasteiger charge is 2.43. The lowest BCUT2D eigenvalue weighted by Gasteiger charge is -2.37. The Morgan fingerprint density at radius 1 is 1.52 bits per heavy atom. The normalized spacial score (nSPS) is 25.3. The van der Waals surface area contributed by atoms with Crippen molar-refractivity contribution in [1.82, 2.24) is 4.98 Å². The molecule has 7 heteroatoms. The molecule has 0 spiro atoms. The van der Waals surface area contributed by atoms with E-state index in [1.807, 2.05) is 0 Å². The van der Waals surface area contributed by atoms with E-state index in [2.05, 4.69) is 20.9 Å². The van der Waals surface area contributed by atoms with Gasteiger partial charge in [-0.05, 0) is 54.5 Å². The molecule has 1 unspecified atom stereocenters. The number of ether oxygens (including phenoxy) is 1. The summed E-state index contributed by atoms with van der Waals surface area (Å²) in [5.41, 5.74) is -1.32. The molecule has 1 heterocycles. The third-order valence-corrected chi connectivity index (χ3v) is 5.75. The number of aliphatic hydroxyl groups excluding tert-OH is 1. The molecule has 0 saturated heterocycles. The number of hydrogen-bond donors (Lipinski definition) is 2. The van der Waals surface area contributed by atoms with Crippen LogP contribution in [0.1, 0.15) is 37.6 Å². The summed E-state index contributed by atoms with van der Waals surface area (Å²) in [7, 11) is 0. The second-order valence-electron chi connectivity index (χ2n) is 5.35. The Balaban J connectivity index is 2.04. The second kappa shape index (κ2) is 7.17. The van der Waals surface area contributed by atoms with Crippen LogP contribution in [-0.2, 0) is 15.1 Å². The molecule has 1 saturated carbocycles. The number of halogens is 1. The number of hydrogen-bond acceptors (Lipinski definition) is 6. The first-order valence-corrected chi connectivity index (χ1v) is 8.73. The predicted molar refractivity (Wildman–Crippen MR) is 82.9 cm³/mol. The van der Waals surface area contributed by atoms with Gasteiger partial charge in [0, 0.05) is 0 Å². The number of nitrogens with zero attached hydrogens (tertiary/aromatic N) is 1. The Kier molecular flexibility index (Phi) is 5.76. The molecule has 0 aliphatic heterocycles. The molecule has 2 N–H and O–H groups in total. The predicted octanol–water partition coefficient (Wildman–Crippen LogP) is 2.46. The van der Waals surface area contributed by atoms with Crippen LogP contribution in [0.3, 0.4) is 0 Å². The molecule has 21 heavy (non-hydrogen) atoms. The van der Waals surface area contributed by atoms with Gasteiger partial charge in [-0.2, -0.15) is 0 Å². The van der Waals surface area contributed by atoms with Crippen LogP contribution in [0.5, 0.6) is 0 Å². The van der Waals surface area contributed by atoms with Gasteiger partial charge < -0.3 is 14.9 Å². The van der Waals surface area contributed by atoms with E-state index in [0.717, 1.165) is 3.79 Å². The maximum absolute atomic E-state index is 11.7. The standard InChI is InChI=1S/C14H20BrNO4S/c1-2-20-12(18)9-3-5-10(6-4-9)14(19,8-17)13-16-7-11(15)21-13/h7,9-10,17,19H,2-6,8H2,1H3/t9-,10-,14?. The van der Waals surface area contributed by atoms with Gasteiger partial charge in [-0.15, -0.1) is 11.3 Å². The van der Waals surface area contributed by atoms with Crippen molar-refractivity contribution in [3.05, 3.63) is 15.0 Å². The molecule has 1 aliphatic rings. The van der Waals surface area contributed by atoms with Crippen molar-refractivity contribution in [1.29, 1.82) is 0 Å². The van der Waals surface area contributed by atoms with Crippen LogP contribution in [0.15, 0.2) is 9.98 Å². The van der Waals surface area contributed by atoms with Crippen molar-refractivity contribution in [2.45, 2.75) is 38.2 Å². The summed E-state index contributed by atoms with van der Waals surface area (Å²) in [6.07, 6.45) is 4.34. The first-order valence-electron chi connectivity index (χ1n) is 7.13. The lowest BCUT2D eigenvalue weighted by atomic mass is 9.74. The summed E-state index contributed by atoms with van der Waals surface area (Å²) in [6.45, 7) is 1.84. The van der Waals surface area contributed by atoms with E-state index in [9.17, 15) is 15.0 Å². The lowest BCUT2D eigenvalue weighted by molar-refractivity contribution is -0.151. The van der Waals surface area contributed by atoms with Crippen LogP contribution < -0.4 is 0 Å². The van der Waals surface area contributed by atoms with Gasteiger partial charge in [-0.1, -0.05) is 0 Å². The molecule has 0 radical (unpaired) electrons. The van der Waals surface area contributed by atoms with E-state index in [1.54, 1.807) is 13.1 Å². The van der Waals surface area contributed by atoms with Crippen LogP contribution in [0, 0.1) is 11.8 Å². The fraction of sp³-hybridized carbons (Fsp3) is 0.714. The summed E-state index contributed by atoms with van der Waals surface area (Å²) < 4.78 is 5.87. The fourth-order valence-electron chi connectivity index (χ4n) is 2.89. The van der Waals surface area contributed by atoms with Gasteiger partial charge in [0.05, 0.1) is 29.1 Å². The van der Waals surface area contributed by atoms with Gasteiger partial charge in [-0.25, -0.2) is 4.98 Å². The summed E-state index contributed by atoms with van der Waals surface area (Å²) in [5.74, 6) is -0.334. The average Bonchev–Trinajstić information content (AvgIpc) is 2.94. The SMILES string of the molecule is CCOC(=O)[C@H]1CC[C@H](C(O)(CO)c2ncc(Br)s2)CC1. The molecule has 1 aliphatic carbocycles. The van der Waals surface area contributed by atoms with Crippen molar-refractivity contribution in [2.75, 3.05) is 13.2 Å². The molecule has 118 valence electrons. The van der Waals surface area contributed by atoms with E-state index >= 15 is 0 Å². The van der Waals surface area contributed by atoms with Gasteiger partial charge in [0.15, 0.2) is 0 Å². The highest BCUT2D eigenvalue weighted by atomic mass is 79.9. The third kappa shape index (κ3) is 3.64. The Bertz CT molecular complexity index is 487. The Hall–Kier alpha value is -0.500. The highest BCUT2D eigenvalue weighted by molar-refractivity contribution is 9.11. The van der Waals surface area contributed by atoms with E-state index in [4.69, 9.17) is 4.74 Å². The van der Waals surface area contributed by atoms with E-state index in [1.165, 1.54) is 11.3 Å². The number of carbonyl (C=O) groups excluding carboxylic acids is 1. The summed E-state index contributed by atoms with van der Waals surface area (Å²) in [4.78, 5) is 15.9. The van der Waals surface area contributed by atoms with Gasteiger partial charge in [-0.3, -0.25) is 4.79 Å². The number of carbonyl (C=O) groups is 1. The van der Waals surface area contributed by atoms with Crippen molar-refractivity contribution in [3.63, 3.8) is 0 Å². The summed E-state index contributed by atoms with van der Waals surface area (Å²) in [6, 6.07) is 0. The average molecular weight is 378 g/mol. The van der Waals surface area contributed by atoms with Crippen molar-refractivity contribution < 1.29 is 19.7 Å². The number of esters is 1. The number of thiazole rings is 1. The van der Waals surface area contributed by atoms with Crippen molar-refractivity contribution >= 4 is 33.2 Å². The zero-order valence-electron chi connectivity index (χ0n) is 11.9. The monoisotopic (exact) mass is 377 g/mol. The van der Waals surface area contributed by atoms with Gasteiger partial charge in [0.1, 0.15) is 10.6 Å². The quantitative estimate of drug-likeness (QED) is 0.770. The first-order chi connectivity index (χ1) is 10.0. The number of aliphatic hydroxyl groups is 2. The molecule has 2 rings (SSSR count). The maximum Gasteiger partial charge on any atom is 0.308 e. The Labute approximate surface area is 136 Å². The molecule has 0 bridgehead atoms. The number of aromatic nitrogens is 1. The van der Waals surface area contributed by atoms with E-state index < -0.39 is 5.60 Å². The smallest absolute Gasteiger partial charge is 0.308 e. The molecular weight excluding hydrogens is 358 g/mol. The maximum atomic E-state index is 11.7. The lowest BCUT2D eigenvalue weighted by Crippen LogP contribution is -2.41. The van der Waals surface area contributed by atoms with E-state index in [-0.39, 0.29) is 24.4 Å². The van der Waals surface area contributed by atoms with Crippen LogP contribution in [-0.4, -0.2) is 34.4 Å². The number of rotatable bonds is 5.